The molecule has 20 heavy (non-hydrogen) atoms. The summed E-state index contributed by atoms with van der Waals surface area (Å²) in [6.45, 7) is 1.72. The van der Waals surface area contributed by atoms with E-state index in [-0.39, 0.29) is 16.5 Å². The van der Waals surface area contributed by atoms with Gasteiger partial charge in [0.15, 0.2) is 0 Å². The molecule has 2 rings (SSSR count). The largest absolute Gasteiger partial charge is 0.326 e. The van der Waals surface area contributed by atoms with E-state index in [9.17, 15) is 13.2 Å². The maximum absolute atomic E-state index is 12.0. The molecule has 0 fully saturated rings. The second kappa shape index (κ2) is 5.70. The third kappa shape index (κ3) is 3.41. The Balaban J connectivity index is 2.19. The Bertz CT molecular complexity index is 788. The summed E-state index contributed by atoms with van der Waals surface area (Å²) >= 11 is 5.60. The number of pyridine rings is 1. The van der Waals surface area contributed by atoms with Crippen molar-refractivity contribution >= 4 is 21.6 Å². The number of aromatic nitrogens is 3. The standard InChI is InChI=1S/C11H11ClN4O3S/c1-7-13-3-2-8(16-7)5-15-20(18,19)9-4-10(12)11(17)14-6-9/h2-4,6,15H,5H2,1H3,(H,14,17). The maximum Gasteiger partial charge on any atom is 0.266 e. The minimum atomic E-state index is -3.78. The molecule has 0 atom stereocenters. The van der Waals surface area contributed by atoms with Crippen molar-refractivity contribution in [1.82, 2.24) is 19.7 Å². The topological polar surface area (TPSA) is 105 Å². The van der Waals surface area contributed by atoms with Crippen LogP contribution in [-0.4, -0.2) is 23.4 Å². The smallest absolute Gasteiger partial charge is 0.266 e. The molecule has 7 nitrogen and oxygen atoms in total. The van der Waals surface area contributed by atoms with Gasteiger partial charge in [-0.15, -0.1) is 0 Å². The monoisotopic (exact) mass is 314 g/mol. The molecule has 2 aromatic heterocycles. The first-order valence-corrected chi connectivity index (χ1v) is 7.41. The van der Waals surface area contributed by atoms with Crippen LogP contribution in [0.15, 0.2) is 34.2 Å². The number of nitrogens with zero attached hydrogens (tertiary/aromatic N) is 2. The number of sulfonamides is 1. The third-order valence-corrected chi connectivity index (χ3v) is 4.08. The molecule has 0 saturated carbocycles. The number of rotatable bonds is 4. The van der Waals surface area contributed by atoms with Crippen LogP contribution >= 0.6 is 11.6 Å². The number of halogens is 1. The van der Waals surface area contributed by atoms with Crippen molar-refractivity contribution in [2.24, 2.45) is 0 Å². The first kappa shape index (κ1) is 14.6. The number of nitrogens with one attached hydrogen (secondary N) is 2. The van der Waals surface area contributed by atoms with E-state index in [1.165, 1.54) is 0 Å². The van der Waals surface area contributed by atoms with Crippen LogP contribution in [0.1, 0.15) is 11.5 Å². The predicted molar refractivity (Wildman–Crippen MR) is 72.9 cm³/mol. The van der Waals surface area contributed by atoms with Crippen LogP contribution in [0.5, 0.6) is 0 Å². The van der Waals surface area contributed by atoms with Gasteiger partial charge in [0.25, 0.3) is 5.56 Å². The summed E-state index contributed by atoms with van der Waals surface area (Å²) < 4.78 is 26.4. The summed E-state index contributed by atoms with van der Waals surface area (Å²) in [7, 11) is -3.78. The van der Waals surface area contributed by atoms with Crippen LogP contribution in [0.25, 0.3) is 0 Å². The molecule has 0 unspecified atom stereocenters. The van der Waals surface area contributed by atoms with Gasteiger partial charge in [-0.1, -0.05) is 11.6 Å². The lowest BCUT2D eigenvalue weighted by molar-refractivity contribution is 0.579. The van der Waals surface area contributed by atoms with Crippen molar-refractivity contribution in [2.45, 2.75) is 18.4 Å². The van der Waals surface area contributed by atoms with Gasteiger partial charge in [0.05, 0.1) is 17.1 Å². The van der Waals surface area contributed by atoms with Gasteiger partial charge in [0.1, 0.15) is 10.8 Å². The lowest BCUT2D eigenvalue weighted by Crippen LogP contribution is -2.25. The Morgan fingerprint density at radius 2 is 2.20 bits per heavy atom. The molecule has 2 N–H and O–H groups in total. The van der Waals surface area contributed by atoms with Crippen LogP contribution in [0.3, 0.4) is 0 Å². The van der Waals surface area contributed by atoms with E-state index in [2.05, 4.69) is 19.7 Å². The highest BCUT2D eigenvalue weighted by Crippen LogP contribution is 2.10. The zero-order valence-corrected chi connectivity index (χ0v) is 12.0. The Kier molecular flexibility index (Phi) is 4.17. The van der Waals surface area contributed by atoms with Crippen molar-refractivity contribution in [3.05, 3.63) is 51.4 Å². The van der Waals surface area contributed by atoms with Crippen LogP contribution in [-0.2, 0) is 16.6 Å². The summed E-state index contributed by atoms with van der Waals surface area (Å²) in [5.41, 5.74) is -0.00589. The zero-order valence-electron chi connectivity index (χ0n) is 10.4. The number of aromatic amines is 1. The highest BCUT2D eigenvalue weighted by molar-refractivity contribution is 7.89. The van der Waals surface area contributed by atoms with Crippen molar-refractivity contribution in [1.29, 1.82) is 0 Å². The molecular formula is C11H11ClN4O3S. The van der Waals surface area contributed by atoms with Gasteiger partial charge in [-0.2, -0.15) is 0 Å². The fraction of sp³-hybridized carbons (Fsp3) is 0.182. The quantitative estimate of drug-likeness (QED) is 0.860. The molecule has 0 aliphatic rings. The van der Waals surface area contributed by atoms with Crippen molar-refractivity contribution < 1.29 is 8.42 Å². The second-order valence-corrected chi connectivity index (χ2v) is 6.11. The Morgan fingerprint density at radius 3 is 2.85 bits per heavy atom. The van der Waals surface area contributed by atoms with E-state index in [1.807, 2.05) is 0 Å². The summed E-state index contributed by atoms with van der Waals surface area (Å²) in [5, 5.41) is -0.189. The number of hydrogen-bond acceptors (Lipinski definition) is 5. The van der Waals surface area contributed by atoms with Crippen molar-refractivity contribution in [3.63, 3.8) is 0 Å². The van der Waals surface area contributed by atoms with Crippen molar-refractivity contribution in [3.8, 4) is 0 Å². The molecule has 0 aliphatic carbocycles. The maximum atomic E-state index is 12.0. The van der Waals surface area contributed by atoms with Gasteiger partial charge in [-0.05, 0) is 19.1 Å². The van der Waals surface area contributed by atoms with Gasteiger partial charge < -0.3 is 4.98 Å². The van der Waals surface area contributed by atoms with Gasteiger partial charge >= 0.3 is 0 Å². The molecule has 0 aliphatic heterocycles. The molecule has 0 saturated heterocycles. The fourth-order valence-corrected chi connectivity index (χ4v) is 2.68. The van der Waals surface area contributed by atoms with Gasteiger partial charge in [-0.3, -0.25) is 4.79 Å². The second-order valence-electron chi connectivity index (χ2n) is 3.93. The van der Waals surface area contributed by atoms with E-state index < -0.39 is 15.6 Å². The van der Waals surface area contributed by atoms with Gasteiger partial charge in [0.2, 0.25) is 10.0 Å². The average molecular weight is 315 g/mol. The average Bonchev–Trinajstić information content (AvgIpc) is 2.40. The van der Waals surface area contributed by atoms with E-state index in [0.29, 0.717) is 11.5 Å². The van der Waals surface area contributed by atoms with Crippen molar-refractivity contribution in [2.75, 3.05) is 0 Å². The van der Waals surface area contributed by atoms with Crippen LogP contribution in [0, 0.1) is 6.92 Å². The molecule has 106 valence electrons. The van der Waals surface area contributed by atoms with Crippen LogP contribution in [0.2, 0.25) is 5.02 Å². The van der Waals surface area contributed by atoms with E-state index in [0.717, 1.165) is 12.3 Å². The molecule has 2 aromatic rings. The minimum Gasteiger partial charge on any atom is -0.326 e. The Labute approximate surface area is 120 Å². The summed E-state index contributed by atoms with van der Waals surface area (Å²) in [5.74, 6) is 0.550. The first-order valence-electron chi connectivity index (χ1n) is 5.55. The Morgan fingerprint density at radius 1 is 1.45 bits per heavy atom. The number of aryl methyl sites for hydroxylation is 1. The van der Waals surface area contributed by atoms with Gasteiger partial charge in [0, 0.05) is 12.4 Å². The van der Waals surface area contributed by atoms with Gasteiger partial charge in [-0.25, -0.2) is 23.1 Å². The fourth-order valence-electron chi connectivity index (χ4n) is 1.45. The Hall–Kier alpha value is -1.77. The normalized spacial score (nSPS) is 11.5. The van der Waals surface area contributed by atoms with Crippen LogP contribution in [0.4, 0.5) is 0 Å². The highest BCUT2D eigenvalue weighted by atomic mass is 35.5. The lowest BCUT2D eigenvalue weighted by atomic mass is 10.4. The number of H-pyrrole nitrogens is 1. The van der Waals surface area contributed by atoms with E-state index in [4.69, 9.17) is 11.6 Å². The summed E-state index contributed by atoms with van der Waals surface area (Å²) in [6.07, 6.45) is 2.63. The molecule has 0 radical (unpaired) electrons. The first-order chi connectivity index (χ1) is 9.38. The molecule has 0 spiro atoms. The molecule has 2 heterocycles. The minimum absolute atomic E-state index is 0.0163. The molecule has 0 aromatic carbocycles. The summed E-state index contributed by atoms with van der Waals surface area (Å²) in [6, 6.07) is 2.70. The molecular weight excluding hydrogens is 304 g/mol. The van der Waals surface area contributed by atoms with Crippen LogP contribution < -0.4 is 10.3 Å². The molecule has 9 heteroatoms. The lowest BCUT2D eigenvalue weighted by Gasteiger charge is -2.06. The number of hydrogen-bond donors (Lipinski definition) is 2. The highest BCUT2D eigenvalue weighted by Gasteiger charge is 2.15. The summed E-state index contributed by atoms with van der Waals surface area (Å²) in [4.78, 5) is 21.2. The zero-order chi connectivity index (χ0) is 14.8. The predicted octanol–water partition coefficient (Wildman–Crippen LogP) is 0.605. The molecule has 0 amide bonds. The third-order valence-electron chi connectivity index (χ3n) is 2.42. The van der Waals surface area contributed by atoms with E-state index >= 15 is 0 Å². The van der Waals surface area contributed by atoms with E-state index in [1.54, 1.807) is 19.2 Å². The molecule has 0 bridgehead atoms. The SMILES string of the molecule is Cc1nccc(CNS(=O)(=O)c2c[nH]c(=O)c(Cl)c2)n1.